The smallest absolute Gasteiger partial charge is 0.165 e. The standard InChI is InChI=1S/C16H28N2O3/c1-12(2)21-10-9-18(3)14(11-17)13-7-6-8-15(19-4)16(13)20-5/h6-8,12,14H,9-11,17H2,1-5H3. The molecule has 0 aliphatic rings. The van der Waals surface area contributed by atoms with Gasteiger partial charge in [0.1, 0.15) is 0 Å². The zero-order valence-electron chi connectivity index (χ0n) is 13.8. The highest BCUT2D eigenvalue weighted by molar-refractivity contribution is 5.48. The van der Waals surface area contributed by atoms with E-state index in [1.807, 2.05) is 39.1 Å². The lowest BCUT2D eigenvalue weighted by atomic mass is 10.0. The second-order valence-electron chi connectivity index (χ2n) is 5.23. The molecule has 21 heavy (non-hydrogen) atoms. The monoisotopic (exact) mass is 296 g/mol. The molecule has 1 atom stereocenters. The maximum Gasteiger partial charge on any atom is 0.165 e. The molecule has 5 nitrogen and oxygen atoms in total. The number of benzene rings is 1. The Balaban J connectivity index is 2.88. The van der Waals surface area contributed by atoms with Crippen LogP contribution in [0.2, 0.25) is 0 Å². The van der Waals surface area contributed by atoms with Crippen LogP contribution in [0.4, 0.5) is 0 Å². The molecule has 0 aliphatic carbocycles. The highest BCUT2D eigenvalue weighted by atomic mass is 16.5. The van der Waals surface area contributed by atoms with Crippen molar-refractivity contribution in [3.63, 3.8) is 0 Å². The third kappa shape index (κ3) is 4.88. The van der Waals surface area contributed by atoms with Crippen molar-refractivity contribution in [3.05, 3.63) is 23.8 Å². The molecular weight excluding hydrogens is 268 g/mol. The Bertz CT molecular complexity index is 424. The van der Waals surface area contributed by atoms with Gasteiger partial charge in [0.2, 0.25) is 0 Å². The Hall–Kier alpha value is -1.30. The number of ether oxygens (including phenoxy) is 3. The molecule has 0 spiro atoms. The molecule has 0 amide bonds. The molecule has 0 aromatic heterocycles. The van der Waals surface area contributed by atoms with Crippen LogP contribution in [0, 0.1) is 0 Å². The molecule has 0 aliphatic heterocycles. The fourth-order valence-electron chi connectivity index (χ4n) is 2.31. The van der Waals surface area contributed by atoms with Crippen LogP contribution >= 0.6 is 0 Å². The summed E-state index contributed by atoms with van der Waals surface area (Å²) < 4.78 is 16.5. The van der Waals surface area contributed by atoms with Crippen LogP contribution in [0.25, 0.3) is 0 Å². The van der Waals surface area contributed by atoms with E-state index in [1.165, 1.54) is 0 Å². The maximum absolute atomic E-state index is 5.97. The Morgan fingerprint density at radius 2 is 1.90 bits per heavy atom. The first-order valence-electron chi connectivity index (χ1n) is 7.27. The molecule has 1 aromatic rings. The van der Waals surface area contributed by atoms with Crippen LogP contribution in [-0.4, -0.2) is 52.0 Å². The summed E-state index contributed by atoms with van der Waals surface area (Å²) >= 11 is 0. The number of rotatable bonds is 9. The summed E-state index contributed by atoms with van der Waals surface area (Å²) in [6.07, 6.45) is 0.237. The van der Waals surface area contributed by atoms with Crippen LogP contribution in [0.5, 0.6) is 11.5 Å². The summed E-state index contributed by atoms with van der Waals surface area (Å²) in [5, 5.41) is 0. The van der Waals surface area contributed by atoms with Crippen molar-refractivity contribution >= 4 is 0 Å². The molecule has 1 rings (SSSR count). The topological polar surface area (TPSA) is 57.0 Å². The van der Waals surface area contributed by atoms with Crippen molar-refractivity contribution in [2.45, 2.75) is 26.0 Å². The summed E-state index contributed by atoms with van der Waals surface area (Å²) in [6.45, 7) is 6.05. The van der Waals surface area contributed by atoms with E-state index >= 15 is 0 Å². The van der Waals surface area contributed by atoms with Gasteiger partial charge >= 0.3 is 0 Å². The average molecular weight is 296 g/mol. The number of hydrogen-bond donors (Lipinski definition) is 1. The number of methoxy groups -OCH3 is 2. The van der Waals surface area contributed by atoms with E-state index in [0.717, 1.165) is 23.6 Å². The summed E-state index contributed by atoms with van der Waals surface area (Å²) in [6, 6.07) is 5.93. The average Bonchev–Trinajstić information content (AvgIpc) is 2.47. The third-order valence-electron chi connectivity index (χ3n) is 3.44. The number of nitrogens with zero attached hydrogens (tertiary/aromatic N) is 1. The second-order valence-corrected chi connectivity index (χ2v) is 5.23. The number of nitrogens with two attached hydrogens (primary N) is 1. The Morgan fingerprint density at radius 3 is 2.43 bits per heavy atom. The molecular formula is C16H28N2O3. The van der Waals surface area contributed by atoms with Crippen molar-refractivity contribution in [3.8, 4) is 11.5 Å². The van der Waals surface area contributed by atoms with Crippen LogP contribution in [0.3, 0.4) is 0 Å². The Labute approximate surface area is 128 Å². The molecule has 0 heterocycles. The van der Waals surface area contributed by atoms with E-state index in [9.17, 15) is 0 Å². The van der Waals surface area contributed by atoms with Gasteiger partial charge in [0.15, 0.2) is 11.5 Å². The van der Waals surface area contributed by atoms with Gasteiger partial charge in [-0.05, 0) is 27.0 Å². The molecule has 0 saturated heterocycles. The van der Waals surface area contributed by atoms with Gasteiger partial charge in [-0.25, -0.2) is 0 Å². The lowest BCUT2D eigenvalue weighted by Gasteiger charge is -2.29. The molecule has 0 fully saturated rings. The third-order valence-corrected chi connectivity index (χ3v) is 3.44. The number of likely N-dealkylation sites (N-methyl/N-ethyl adjacent to an activating group) is 1. The SMILES string of the molecule is COc1cccc(C(CN)N(C)CCOC(C)C)c1OC. The van der Waals surface area contributed by atoms with Gasteiger partial charge in [-0.3, -0.25) is 4.90 Å². The molecule has 120 valence electrons. The summed E-state index contributed by atoms with van der Waals surface area (Å²) in [5.41, 5.74) is 7.01. The zero-order chi connectivity index (χ0) is 15.8. The minimum absolute atomic E-state index is 0.0609. The largest absolute Gasteiger partial charge is 0.493 e. The van der Waals surface area contributed by atoms with Gasteiger partial charge in [-0.15, -0.1) is 0 Å². The summed E-state index contributed by atoms with van der Waals surface area (Å²) in [4.78, 5) is 2.18. The van der Waals surface area contributed by atoms with E-state index in [2.05, 4.69) is 4.90 Å². The first-order valence-corrected chi connectivity index (χ1v) is 7.27. The minimum atomic E-state index is 0.0609. The lowest BCUT2D eigenvalue weighted by molar-refractivity contribution is 0.0561. The second kappa shape index (κ2) is 8.87. The predicted octanol–water partition coefficient (Wildman–Crippen LogP) is 2.06. The first kappa shape index (κ1) is 17.8. The van der Waals surface area contributed by atoms with Crippen molar-refractivity contribution < 1.29 is 14.2 Å². The van der Waals surface area contributed by atoms with Crippen LogP contribution < -0.4 is 15.2 Å². The van der Waals surface area contributed by atoms with Gasteiger partial charge in [-0.2, -0.15) is 0 Å². The predicted molar refractivity (Wildman–Crippen MR) is 85.1 cm³/mol. The van der Waals surface area contributed by atoms with E-state index < -0.39 is 0 Å². The van der Waals surface area contributed by atoms with E-state index in [0.29, 0.717) is 13.2 Å². The minimum Gasteiger partial charge on any atom is -0.493 e. The Kier molecular flexibility index (Phi) is 7.50. The van der Waals surface area contributed by atoms with Crippen molar-refractivity contribution in [1.82, 2.24) is 4.90 Å². The van der Waals surface area contributed by atoms with Gasteiger partial charge < -0.3 is 19.9 Å². The fraction of sp³-hybridized carbons (Fsp3) is 0.625. The molecule has 5 heteroatoms. The van der Waals surface area contributed by atoms with Crippen LogP contribution in [0.15, 0.2) is 18.2 Å². The van der Waals surface area contributed by atoms with E-state index in [-0.39, 0.29) is 12.1 Å². The molecule has 1 unspecified atom stereocenters. The fourth-order valence-corrected chi connectivity index (χ4v) is 2.31. The number of hydrogen-bond acceptors (Lipinski definition) is 5. The molecule has 2 N–H and O–H groups in total. The van der Waals surface area contributed by atoms with Crippen LogP contribution in [0.1, 0.15) is 25.5 Å². The highest BCUT2D eigenvalue weighted by Crippen LogP contribution is 2.36. The first-order chi connectivity index (χ1) is 10.0. The quantitative estimate of drug-likeness (QED) is 0.756. The summed E-state index contributed by atoms with van der Waals surface area (Å²) in [7, 11) is 5.33. The molecule has 0 bridgehead atoms. The number of para-hydroxylation sites is 1. The van der Waals surface area contributed by atoms with E-state index in [4.69, 9.17) is 19.9 Å². The summed E-state index contributed by atoms with van der Waals surface area (Å²) in [5.74, 6) is 1.47. The molecule has 0 saturated carbocycles. The highest BCUT2D eigenvalue weighted by Gasteiger charge is 2.21. The van der Waals surface area contributed by atoms with E-state index in [1.54, 1.807) is 14.2 Å². The normalized spacial score (nSPS) is 12.8. The Morgan fingerprint density at radius 1 is 1.19 bits per heavy atom. The van der Waals surface area contributed by atoms with Gasteiger partial charge in [0.25, 0.3) is 0 Å². The molecule has 1 aromatic carbocycles. The maximum atomic E-state index is 5.97. The van der Waals surface area contributed by atoms with Gasteiger partial charge in [0.05, 0.1) is 33.0 Å². The van der Waals surface area contributed by atoms with Gasteiger partial charge in [-0.1, -0.05) is 12.1 Å². The molecule has 0 radical (unpaired) electrons. The van der Waals surface area contributed by atoms with Crippen LogP contribution in [-0.2, 0) is 4.74 Å². The van der Waals surface area contributed by atoms with Crippen molar-refractivity contribution in [2.24, 2.45) is 5.73 Å². The van der Waals surface area contributed by atoms with Crippen molar-refractivity contribution in [1.29, 1.82) is 0 Å². The zero-order valence-corrected chi connectivity index (χ0v) is 13.8. The van der Waals surface area contributed by atoms with Gasteiger partial charge in [0, 0.05) is 18.7 Å². The van der Waals surface area contributed by atoms with Crippen molar-refractivity contribution in [2.75, 3.05) is 41.0 Å². The lowest BCUT2D eigenvalue weighted by Crippen LogP contribution is -2.33.